The van der Waals surface area contributed by atoms with Gasteiger partial charge in [-0.05, 0) is 31.2 Å². The Morgan fingerprint density at radius 3 is 2.31 bits per heavy atom. The van der Waals surface area contributed by atoms with E-state index in [9.17, 15) is 18.0 Å². The zero-order valence-corrected chi connectivity index (χ0v) is 18.5. The third-order valence-corrected chi connectivity index (χ3v) is 5.79. The monoisotopic (exact) mass is 478 g/mol. The number of sulfonamides is 1. The second-order valence-corrected chi connectivity index (χ2v) is 8.93. The van der Waals surface area contributed by atoms with Crippen LogP contribution in [-0.2, 0) is 19.6 Å². The van der Waals surface area contributed by atoms with Gasteiger partial charge in [0.1, 0.15) is 6.54 Å². The minimum atomic E-state index is -3.90. The van der Waals surface area contributed by atoms with Gasteiger partial charge in [-0.3, -0.25) is 9.10 Å². The van der Waals surface area contributed by atoms with Gasteiger partial charge in [-0.25, -0.2) is 13.2 Å². The van der Waals surface area contributed by atoms with Crippen LogP contribution in [0.5, 0.6) is 0 Å². The van der Waals surface area contributed by atoms with Gasteiger partial charge in [0.15, 0.2) is 0 Å². The summed E-state index contributed by atoms with van der Waals surface area (Å²) in [4.78, 5) is 24.6. The molecule has 156 valence electrons. The van der Waals surface area contributed by atoms with Crippen molar-refractivity contribution < 1.29 is 22.7 Å². The molecule has 0 atom stereocenters. The summed E-state index contributed by atoms with van der Waals surface area (Å²) in [5, 5.41) is 2.74. The zero-order chi connectivity index (χ0) is 21.8. The van der Waals surface area contributed by atoms with Crippen LogP contribution in [0.1, 0.15) is 17.3 Å². The van der Waals surface area contributed by atoms with Gasteiger partial charge in [0, 0.05) is 0 Å². The molecule has 0 saturated carbocycles. The molecule has 7 nitrogen and oxygen atoms in total. The lowest BCUT2D eigenvalue weighted by Gasteiger charge is -2.23. The minimum absolute atomic E-state index is 0.00241. The van der Waals surface area contributed by atoms with Crippen LogP contribution in [0.15, 0.2) is 36.4 Å². The van der Waals surface area contributed by atoms with Crippen molar-refractivity contribution in [3.8, 4) is 0 Å². The summed E-state index contributed by atoms with van der Waals surface area (Å²) in [5.74, 6) is -1.31. The lowest BCUT2D eigenvalue weighted by molar-refractivity contribution is -0.114. The van der Waals surface area contributed by atoms with Crippen molar-refractivity contribution in [3.05, 3.63) is 57.0 Å². The number of esters is 1. The fourth-order valence-electron chi connectivity index (χ4n) is 2.38. The molecule has 0 unspecified atom stereocenters. The quantitative estimate of drug-likeness (QED) is 0.474. The Balaban J connectivity index is 2.32. The Hall–Kier alpha value is -2.00. The topological polar surface area (TPSA) is 92.8 Å². The maximum Gasteiger partial charge on any atom is 0.340 e. The fraction of sp³-hybridized carbons (Fsp3) is 0.222. The highest BCUT2D eigenvalue weighted by Gasteiger charge is 2.25. The van der Waals surface area contributed by atoms with E-state index in [-0.39, 0.29) is 38.6 Å². The standard InChI is InChI=1S/C18H17Cl3N2O5S/c1-3-28-18(25)11-6-4-5-7-15(11)22-17(24)10-23(29(2,26)27)16-9-13(20)12(19)8-14(16)21/h4-9H,3,10H2,1-2H3,(H,22,24). The smallest absolute Gasteiger partial charge is 0.340 e. The van der Waals surface area contributed by atoms with Gasteiger partial charge < -0.3 is 10.1 Å². The fourth-order valence-corrected chi connectivity index (χ4v) is 3.94. The third kappa shape index (κ3) is 5.99. The minimum Gasteiger partial charge on any atom is -0.462 e. The van der Waals surface area contributed by atoms with E-state index in [0.29, 0.717) is 0 Å². The molecule has 0 fully saturated rings. The summed E-state index contributed by atoms with van der Waals surface area (Å²) in [6, 6.07) is 8.75. The Morgan fingerprint density at radius 1 is 1.07 bits per heavy atom. The maximum atomic E-state index is 12.6. The van der Waals surface area contributed by atoms with E-state index >= 15 is 0 Å². The van der Waals surface area contributed by atoms with Crippen molar-refractivity contribution in [1.29, 1.82) is 0 Å². The molecule has 0 heterocycles. The van der Waals surface area contributed by atoms with Crippen molar-refractivity contribution in [1.82, 2.24) is 0 Å². The first kappa shape index (κ1) is 23.3. The first-order valence-corrected chi connectivity index (χ1v) is 11.2. The van der Waals surface area contributed by atoms with Crippen LogP contribution in [0.2, 0.25) is 15.1 Å². The number of ether oxygens (including phenoxy) is 1. The number of benzene rings is 2. The SMILES string of the molecule is CCOC(=O)c1ccccc1NC(=O)CN(c1cc(Cl)c(Cl)cc1Cl)S(C)(=O)=O. The Labute approximate surface area is 183 Å². The Bertz CT molecular complexity index is 1040. The highest BCUT2D eigenvalue weighted by molar-refractivity contribution is 7.92. The van der Waals surface area contributed by atoms with Crippen LogP contribution >= 0.6 is 34.8 Å². The van der Waals surface area contributed by atoms with Crippen LogP contribution in [0.3, 0.4) is 0 Å². The van der Waals surface area contributed by atoms with Crippen LogP contribution < -0.4 is 9.62 Å². The number of hydrogen-bond donors (Lipinski definition) is 1. The van der Waals surface area contributed by atoms with E-state index in [2.05, 4.69) is 5.32 Å². The van der Waals surface area contributed by atoms with Gasteiger partial charge in [0.05, 0.1) is 44.9 Å². The van der Waals surface area contributed by atoms with Gasteiger partial charge in [-0.2, -0.15) is 0 Å². The van der Waals surface area contributed by atoms with E-state index in [1.165, 1.54) is 24.3 Å². The van der Waals surface area contributed by atoms with Gasteiger partial charge in [0.25, 0.3) is 0 Å². The van der Waals surface area contributed by atoms with Crippen LogP contribution in [0, 0.1) is 0 Å². The number of hydrogen-bond acceptors (Lipinski definition) is 5. The molecule has 29 heavy (non-hydrogen) atoms. The zero-order valence-electron chi connectivity index (χ0n) is 15.4. The predicted molar refractivity (Wildman–Crippen MR) is 115 cm³/mol. The molecule has 0 radical (unpaired) electrons. The average Bonchev–Trinajstić information content (AvgIpc) is 2.63. The Morgan fingerprint density at radius 2 is 1.69 bits per heavy atom. The van der Waals surface area contributed by atoms with E-state index in [4.69, 9.17) is 39.5 Å². The van der Waals surface area contributed by atoms with Crippen molar-refractivity contribution >= 4 is 68.1 Å². The molecular formula is C18H17Cl3N2O5S. The third-order valence-electron chi connectivity index (χ3n) is 3.64. The number of amides is 1. The number of carbonyl (C=O) groups excluding carboxylic acids is 2. The van der Waals surface area contributed by atoms with E-state index < -0.39 is 28.4 Å². The molecule has 0 bridgehead atoms. The van der Waals surface area contributed by atoms with Crippen molar-refractivity contribution in [3.63, 3.8) is 0 Å². The van der Waals surface area contributed by atoms with E-state index in [1.807, 2.05) is 0 Å². The molecule has 0 aliphatic rings. The second-order valence-electron chi connectivity index (χ2n) is 5.80. The lowest BCUT2D eigenvalue weighted by atomic mass is 10.2. The molecule has 11 heteroatoms. The van der Waals surface area contributed by atoms with Crippen molar-refractivity contribution in [2.75, 3.05) is 29.0 Å². The predicted octanol–water partition coefficient (Wildman–Crippen LogP) is 4.23. The van der Waals surface area contributed by atoms with Crippen LogP contribution in [0.25, 0.3) is 0 Å². The summed E-state index contributed by atoms with van der Waals surface area (Å²) in [7, 11) is -3.90. The number of rotatable bonds is 7. The number of nitrogens with zero attached hydrogens (tertiary/aromatic N) is 1. The number of halogens is 3. The second kappa shape index (κ2) is 9.67. The molecule has 0 aliphatic carbocycles. The summed E-state index contributed by atoms with van der Waals surface area (Å²) in [6.07, 6.45) is 0.922. The molecule has 0 aromatic heterocycles. The van der Waals surface area contributed by atoms with Gasteiger partial charge in [-0.1, -0.05) is 46.9 Å². The van der Waals surface area contributed by atoms with Gasteiger partial charge >= 0.3 is 5.97 Å². The van der Waals surface area contributed by atoms with Crippen LogP contribution in [-0.4, -0.2) is 39.7 Å². The van der Waals surface area contributed by atoms with Crippen molar-refractivity contribution in [2.45, 2.75) is 6.92 Å². The molecular weight excluding hydrogens is 463 g/mol. The highest BCUT2D eigenvalue weighted by atomic mass is 35.5. The summed E-state index contributed by atoms with van der Waals surface area (Å²) in [5.41, 5.74) is 0.322. The van der Waals surface area contributed by atoms with Crippen LogP contribution in [0.4, 0.5) is 11.4 Å². The lowest BCUT2D eigenvalue weighted by Crippen LogP contribution is -2.37. The van der Waals surface area contributed by atoms with Gasteiger partial charge in [-0.15, -0.1) is 0 Å². The first-order valence-electron chi connectivity index (χ1n) is 8.22. The number of para-hydroxylation sites is 1. The number of carbonyl (C=O) groups is 2. The normalized spacial score (nSPS) is 11.1. The summed E-state index contributed by atoms with van der Waals surface area (Å²) >= 11 is 18.0. The van der Waals surface area contributed by atoms with E-state index in [0.717, 1.165) is 10.6 Å². The highest BCUT2D eigenvalue weighted by Crippen LogP contribution is 2.35. The molecule has 2 aromatic carbocycles. The van der Waals surface area contributed by atoms with Crippen molar-refractivity contribution in [2.24, 2.45) is 0 Å². The molecule has 2 rings (SSSR count). The number of nitrogens with one attached hydrogen (secondary N) is 1. The molecule has 0 spiro atoms. The first-order chi connectivity index (χ1) is 13.5. The number of anilines is 2. The molecule has 1 N–H and O–H groups in total. The Kier molecular flexibility index (Phi) is 7.76. The molecule has 0 saturated heterocycles. The summed E-state index contributed by atoms with van der Waals surface area (Å²) in [6.45, 7) is 1.22. The largest absolute Gasteiger partial charge is 0.462 e. The molecule has 2 aromatic rings. The average molecular weight is 480 g/mol. The van der Waals surface area contributed by atoms with Gasteiger partial charge in [0.2, 0.25) is 15.9 Å². The molecule has 1 amide bonds. The molecule has 0 aliphatic heterocycles. The maximum absolute atomic E-state index is 12.6. The van der Waals surface area contributed by atoms with E-state index in [1.54, 1.807) is 19.1 Å². The summed E-state index contributed by atoms with van der Waals surface area (Å²) < 4.78 is 30.3.